The number of allylic oxidation sites excluding steroid dienone is 1. The van der Waals surface area contributed by atoms with Crippen LogP contribution in [-0.2, 0) is 6.54 Å². The highest BCUT2D eigenvalue weighted by Gasteiger charge is 2.18. The van der Waals surface area contributed by atoms with Gasteiger partial charge in [-0.15, -0.1) is 6.58 Å². The summed E-state index contributed by atoms with van der Waals surface area (Å²) >= 11 is 0. The van der Waals surface area contributed by atoms with Crippen molar-refractivity contribution >= 4 is 16.9 Å². The third-order valence-electron chi connectivity index (χ3n) is 3.84. The number of carbonyl (C=O) groups is 1. The average molecular weight is 323 g/mol. The van der Waals surface area contributed by atoms with Gasteiger partial charge in [-0.2, -0.15) is 0 Å². The van der Waals surface area contributed by atoms with Crippen LogP contribution in [0.15, 0.2) is 61.2 Å². The molecule has 0 unspecified atom stereocenters. The van der Waals surface area contributed by atoms with Crippen molar-refractivity contribution in [2.75, 3.05) is 0 Å². The lowest BCUT2D eigenvalue weighted by Gasteiger charge is -2.15. The topological polar surface area (TPSA) is 46.9 Å². The highest BCUT2D eigenvalue weighted by Crippen LogP contribution is 2.21. The molecule has 0 saturated carbocycles. The van der Waals surface area contributed by atoms with E-state index in [4.69, 9.17) is 0 Å². The summed E-state index contributed by atoms with van der Waals surface area (Å²) in [5.74, 6) is 0.124. The molecule has 0 aliphatic carbocycles. The molecule has 1 aromatic heterocycles. The molecule has 0 radical (unpaired) electrons. The molecule has 122 valence electrons. The van der Waals surface area contributed by atoms with Gasteiger partial charge in [0.1, 0.15) is 11.6 Å². The minimum atomic E-state index is -0.368. The maximum Gasteiger partial charge on any atom is 0.251 e. The fourth-order valence-corrected chi connectivity index (χ4v) is 2.69. The Labute approximate surface area is 139 Å². The largest absolute Gasteiger partial charge is 0.342 e. The number of halogens is 1. The quantitative estimate of drug-likeness (QED) is 0.725. The first kappa shape index (κ1) is 15.9. The Bertz CT molecular complexity index is 883. The molecule has 0 spiro atoms. The van der Waals surface area contributed by atoms with Gasteiger partial charge in [-0.25, -0.2) is 9.37 Å². The van der Waals surface area contributed by atoms with Crippen LogP contribution in [0.5, 0.6) is 0 Å². The van der Waals surface area contributed by atoms with Crippen LogP contribution in [0.2, 0.25) is 0 Å². The lowest BCUT2D eigenvalue weighted by molar-refractivity contribution is 0.0937. The summed E-state index contributed by atoms with van der Waals surface area (Å²) in [5, 5.41) is 2.91. The summed E-state index contributed by atoms with van der Waals surface area (Å²) in [6.45, 7) is 6.27. The summed E-state index contributed by atoms with van der Waals surface area (Å²) in [4.78, 5) is 17.0. The zero-order chi connectivity index (χ0) is 17.1. The van der Waals surface area contributed by atoms with E-state index in [0.717, 1.165) is 16.9 Å². The Morgan fingerprint density at radius 1 is 1.29 bits per heavy atom. The normalized spacial score (nSPS) is 12.1. The van der Waals surface area contributed by atoms with Crippen molar-refractivity contribution in [3.8, 4) is 0 Å². The van der Waals surface area contributed by atoms with E-state index in [9.17, 15) is 9.18 Å². The molecule has 1 heterocycles. The molecule has 3 rings (SSSR count). The molecule has 4 nitrogen and oxygen atoms in total. The van der Waals surface area contributed by atoms with Gasteiger partial charge in [-0.3, -0.25) is 4.79 Å². The number of aromatic nitrogens is 2. The summed E-state index contributed by atoms with van der Waals surface area (Å²) in [7, 11) is 0. The predicted octanol–water partition coefficient (Wildman–Crippen LogP) is 3.85. The Morgan fingerprint density at radius 2 is 2.00 bits per heavy atom. The first-order chi connectivity index (χ1) is 11.6. The zero-order valence-electron chi connectivity index (χ0n) is 13.4. The molecule has 0 bridgehead atoms. The minimum Gasteiger partial charge on any atom is -0.342 e. The Hall–Kier alpha value is -2.95. The first-order valence-electron chi connectivity index (χ1n) is 7.72. The van der Waals surface area contributed by atoms with E-state index in [1.165, 1.54) is 24.3 Å². The highest BCUT2D eigenvalue weighted by molar-refractivity contribution is 5.94. The number of fused-ring (bicyclic) bond motifs is 1. The van der Waals surface area contributed by atoms with Crippen LogP contribution >= 0.6 is 0 Å². The number of hydrogen-bond donors (Lipinski definition) is 1. The average Bonchev–Trinajstić information content (AvgIpc) is 2.95. The molecule has 0 aliphatic heterocycles. The van der Waals surface area contributed by atoms with Crippen LogP contribution in [-0.4, -0.2) is 15.5 Å². The number of rotatable bonds is 5. The van der Waals surface area contributed by atoms with Crippen molar-refractivity contribution in [2.24, 2.45) is 0 Å². The molecule has 1 N–H and O–H groups in total. The fraction of sp³-hybridized carbons (Fsp3) is 0.158. The van der Waals surface area contributed by atoms with Crippen LogP contribution in [0.4, 0.5) is 4.39 Å². The lowest BCUT2D eigenvalue weighted by Crippen LogP contribution is -2.28. The molecular weight excluding hydrogens is 305 g/mol. The maximum absolute atomic E-state index is 13.0. The van der Waals surface area contributed by atoms with Gasteiger partial charge in [0.05, 0.1) is 17.1 Å². The number of carbonyl (C=O) groups excluding carboxylic acids is 1. The second-order valence-corrected chi connectivity index (χ2v) is 5.56. The summed E-state index contributed by atoms with van der Waals surface area (Å²) < 4.78 is 15.0. The third kappa shape index (κ3) is 3.06. The van der Waals surface area contributed by atoms with Gasteiger partial charge in [-0.1, -0.05) is 18.2 Å². The van der Waals surface area contributed by atoms with E-state index in [0.29, 0.717) is 12.1 Å². The first-order valence-corrected chi connectivity index (χ1v) is 7.72. The summed E-state index contributed by atoms with van der Waals surface area (Å²) in [5.41, 5.74) is 2.28. The molecule has 0 aliphatic rings. The number of amides is 1. The standard InChI is InChI=1S/C19H18FN3O/c1-3-12-23-17-7-5-4-6-16(17)22-18(23)13(2)21-19(24)14-8-10-15(20)11-9-14/h3-11,13H,1,12H2,2H3,(H,21,24)/t13-/m1/s1. The molecule has 3 aromatic rings. The zero-order valence-corrected chi connectivity index (χ0v) is 13.4. The molecular formula is C19H18FN3O. The lowest BCUT2D eigenvalue weighted by atomic mass is 10.2. The van der Waals surface area contributed by atoms with Gasteiger partial charge in [-0.05, 0) is 43.3 Å². The van der Waals surface area contributed by atoms with Crippen molar-refractivity contribution in [1.82, 2.24) is 14.9 Å². The van der Waals surface area contributed by atoms with Crippen molar-refractivity contribution in [2.45, 2.75) is 19.5 Å². The van der Waals surface area contributed by atoms with E-state index in [1.54, 1.807) is 6.08 Å². The SMILES string of the molecule is C=CCn1c([C@@H](C)NC(=O)c2ccc(F)cc2)nc2ccccc21. The van der Waals surface area contributed by atoms with E-state index in [1.807, 2.05) is 35.8 Å². The second-order valence-electron chi connectivity index (χ2n) is 5.56. The third-order valence-corrected chi connectivity index (χ3v) is 3.84. The number of benzene rings is 2. The number of nitrogens with zero attached hydrogens (tertiary/aromatic N) is 2. The molecule has 5 heteroatoms. The van der Waals surface area contributed by atoms with Crippen molar-refractivity contribution in [1.29, 1.82) is 0 Å². The molecule has 2 aromatic carbocycles. The summed E-state index contributed by atoms with van der Waals surface area (Å²) in [6.07, 6.45) is 1.80. The number of hydrogen-bond acceptors (Lipinski definition) is 2. The van der Waals surface area contributed by atoms with Gasteiger partial charge in [0.2, 0.25) is 0 Å². The molecule has 24 heavy (non-hydrogen) atoms. The van der Waals surface area contributed by atoms with E-state index >= 15 is 0 Å². The Balaban J connectivity index is 1.89. The smallest absolute Gasteiger partial charge is 0.251 e. The van der Waals surface area contributed by atoms with Crippen LogP contribution in [0, 0.1) is 5.82 Å². The minimum absolute atomic E-state index is 0.264. The van der Waals surface area contributed by atoms with Gasteiger partial charge in [0.15, 0.2) is 0 Å². The number of imidazole rings is 1. The molecule has 0 fully saturated rings. The van der Waals surface area contributed by atoms with Crippen molar-refractivity contribution < 1.29 is 9.18 Å². The van der Waals surface area contributed by atoms with Gasteiger partial charge in [0, 0.05) is 12.1 Å². The van der Waals surface area contributed by atoms with Gasteiger partial charge in [0.25, 0.3) is 5.91 Å². The van der Waals surface area contributed by atoms with E-state index in [-0.39, 0.29) is 17.8 Å². The predicted molar refractivity (Wildman–Crippen MR) is 92.2 cm³/mol. The van der Waals surface area contributed by atoms with E-state index < -0.39 is 0 Å². The Morgan fingerprint density at radius 3 is 2.71 bits per heavy atom. The van der Waals surface area contributed by atoms with E-state index in [2.05, 4.69) is 16.9 Å². The fourth-order valence-electron chi connectivity index (χ4n) is 2.69. The monoisotopic (exact) mass is 323 g/mol. The van der Waals surface area contributed by atoms with Gasteiger partial charge >= 0.3 is 0 Å². The maximum atomic E-state index is 13.0. The van der Waals surface area contributed by atoms with Crippen LogP contribution < -0.4 is 5.32 Å². The van der Waals surface area contributed by atoms with Crippen molar-refractivity contribution in [3.05, 3.63) is 78.4 Å². The van der Waals surface area contributed by atoms with Crippen LogP contribution in [0.1, 0.15) is 29.1 Å². The number of nitrogens with one attached hydrogen (secondary N) is 1. The Kier molecular flexibility index (Phi) is 4.42. The van der Waals surface area contributed by atoms with Crippen molar-refractivity contribution in [3.63, 3.8) is 0 Å². The van der Waals surface area contributed by atoms with Crippen LogP contribution in [0.3, 0.4) is 0 Å². The van der Waals surface area contributed by atoms with Crippen LogP contribution in [0.25, 0.3) is 11.0 Å². The molecule has 1 atom stereocenters. The second kappa shape index (κ2) is 6.66. The molecule has 1 amide bonds. The number of para-hydroxylation sites is 2. The summed E-state index contributed by atoms with van der Waals surface area (Å²) in [6, 6.07) is 13.0. The molecule has 0 saturated heterocycles. The van der Waals surface area contributed by atoms with Gasteiger partial charge < -0.3 is 9.88 Å². The highest BCUT2D eigenvalue weighted by atomic mass is 19.1.